The first kappa shape index (κ1) is 27.5. The van der Waals surface area contributed by atoms with E-state index in [9.17, 15) is 4.79 Å². The van der Waals surface area contributed by atoms with Crippen LogP contribution in [0.25, 0.3) is 21.8 Å². The number of benzene rings is 3. The van der Waals surface area contributed by atoms with Crippen LogP contribution < -0.4 is 4.90 Å². The number of allylic oxidation sites excluding steroid dienone is 5. The highest BCUT2D eigenvalue weighted by Crippen LogP contribution is 2.41. The second-order valence-corrected chi connectivity index (χ2v) is 12.1. The van der Waals surface area contributed by atoms with Crippen molar-refractivity contribution in [2.45, 2.75) is 64.8 Å². The lowest BCUT2D eigenvalue weighted by atomic mass is 9.77. The number of aromatic nitrogens is 1. The molecule has 0 N–H and O–H groups in total. The van der Waals surface area contributed by atoms with Crippen LogP contribution in [-0.4, -0.2) is 23.3 Å². The number of carbonyl (C=O) groups is 1. The van der Waals surface area contributed by atoms with E-state index < -0.39 is 0 Å². The van der Waals surface area contributed by atoms with Gasteiger partial charge in [0.25, 0.3) is 0 Å². The van der Waals surface area contributed by atoms with Crippen LogP contribution in [0.2, 0.25) is 0 Å². The van der Waals surface area contributed by atoms with Crippen molar-refractivity contribution in [3.05, 3.63) is 113 Å². The average molecular weight is 570 g/mol. The predicted molar refractivity (Wildman–Crippen MR) is 176 cm³/mol. The minimum absolute atomic E-state index is 0.348. The number of fused-ring (bicyclic) bond motifs is 4. The first-order chi connectivity index (χ1) is 21.1. The third kappa shape index (κ3) is 5.11. The van der Waals surface area contributed by atoms with Gasteiger partial charge in [-0.3, -0.25) is 0 Å². The second-order valence-electron chi connectivity index (χ2n) is 12.1. The fourth-order valence-electron chi connectivity index (χ4n) is 7.11. The number of anilines is 1. The lowest BCUT2D eigenvalue weighted by Gasteiger charge is -2.33. The molecule has 0 radical (unpaired) electrons. The zero-order valence-electron chi connectivity index (χ0n) is 25.2. The summed E-state index contributed by atoms with van der Waals surface area (Å²) in [6.07, 6.45) is 13.7. The van der Waals surface area contributed by atoms with Gasteiger partial charge in [-0.05, 0) is 79.5 Å². The molecule has 4 aromatic rings. The van der Waals surface area contributed by atoms with Crippen LogP contribution in [0, 0.1) is 5.92 Å². The molecule has 0 saturated heterocycles. The molecule has 3 aliphatic rings. The van der Waals surface area contributed by atoms with E-state index in [1.54, 1.807) is 0 Å². The Kier molecular flexibility index (Phi) is 7.48. The van der Waals surface area contributed by atoms with Gasteiger partial charge in [0, 0.05) is 52.3 Å². The zero-order valence-corrected chi connectivity index (χ0v) is 25.2. The van der Waals surface area contributed by atoms with Gasteiger partial charge in [-0.15, -0.1) is 0 Å². The number of rotatable bonds is 8. The molecule has 2 aliphatic carbocycles. The molecule has 0 spiro atoms. The van der Waals surface area contributed by atoms with Crippen LogP contribution in [0.15, 0.2) is 113 Å². The molecule has 0 saturated carbocycles. The van der Waals surface area contributed by atoms with Crippen molar-refractivity contribution < 1.29 is 9.63 Å². The third-order valence-corrected chi connectivity index (χ3v) is 9.50. The van der Waals surface area contributed by atoms with Gasteiger partial charge in [-0.25, -0.2) is 4.79 Å². The Hall–Kier alpha value is -4.38. The van der Waals surface area contributed by atoms with Gasteiger partial charge >= 0.3 is 5.97 Å². The average Bonchev–Trinajstić information content (AvgIpc) is 3.60. The Morgan fingerprint density at radius 3 is 2.53 bits per heavy atom. The van der Waals surface area contributed by atoms with Gasteiger partial charge in [0.15, 0.2) is 0 Å². The van der Waals surface area contributed by atoms with E-state index in [4.69, 9.17) is 4.84 Å². The molecule has 0 amide bonds. The maximum Gasteiger partial charge on any atom is 0.368 e. The van der Waals surface area contributed by atoms with Crippen molar-refractivity contribution in [2.75, 3.05) is 11.9 Å². The van der Waals surface area contributed by atoms with Crippen molar-refractivity contribution in [3.63, 3.8) is 0 Å². The van der Waals surface area contributed by atoms with Gasteiger partial charge in [-0.1, -0.05) is 85.9 Å². The van der Waals surface area contributed by atoms with E-state index in [2.05, 4.69) is 83.2 Å². The number of hydrogen-bond donors (Lipinski definition) is 0. The standard InChI is InChI=1S/C38H39N3O2/c1-3-4-5-11-22-41-34-15-10-9-14-32(34)33-25-31(20-21-35(33)41)40(2)30-19-18-26-16-17-28(23-29(26)24-30)36-37(39-43-38(36)42)27-12-7-6-8-13-27/h6-10,12-15,20-21,23-26H,3-5,11,16-19,22H2,1-2H3. The molecule has 0 fully saturated rings. The summed E-state index contributed by atoms with van der Waals surface area (Å²) < 4.78 is 2.51. The molecule has 5 heteroatoms. The lowest BCUT2D eigenvalue weighted by molar-refractivity contribution is -0.136. The summed E-state index contributed by atoms with van der Waals surface area (Å²) in [6, 6.07) is 25.6. The molecular weight excluding hydrogens is 530 g/mol. The van der Waals surface area contributed by atoms with Gasteiger partial charge in [-0.2, -0.15) is 0 Å². The number of para-hydroxylation sites is 1. The van der Waals surface area contributed by atoms with Crippen LogP contribution in [0.1, 0.15) is 63.9 Å². The topological polar surface area (TPSA) is 46.8 Å². The molecule has 43 heavy (non-hydrogen) atoms. The molecule has 0 bridgehead atoms. The molecule has 1 aliphatic heterocycles. The van der Waals surface area contributed by atoms with E-state index in [1.165, 1.54) is 64.4 Å². The van der Waals surface area contributed by atoms with Crippen molar-refractivity contribution in [2.24, 2.45) is 11.1 Å². The minimum atomic E-state index is -0.348. The fourth-order valence-corrected chi connectivity index (χ4v) is 7.11. The summed E-state index contributed by atoms with van der Waals surface area (Å²) in [7, 11) is 2.19. The molecule has 7 rings (SSSR count). The molecule has 1 unspecified atom stereocenters. The highest BCUT2D eigenvalue weighted by atomic mass is 16.7. The number of oxime groups is 1. The van der Waals surface area contributed by atoms with E-state index in [0.717, 1.165) is 43.4 Å². The smallest absolute Gasteiger partial charge is 0.348 e. The summed E-state index contributed by atoms with van der Waals surface area (Å²) >= 11 is 0. The van der Waals surface area contributed by atoms with Crippen molar-refractivity contribution in [1.82, 2.24) is 4.57 Å². The number of carbonyl (C=O) groups excluding carboxylic acids is 1. The summed E-state index contributed by atoms with van der Waals surface area (Å²) in [5, 5.41) is 6.80. The molecule has 2 heterocycles. The summed E-state index contributed by atoms with van der Waals surface area (Å²) in [5.41, 5.74) is 9.66. The van der Waals surface area contributed by atoms with Gasteiger partial charge in [0.1, 0.15) is 5.71 Å². The summed E-state index contributed by atoms with van der Waals surface area (Å²) in [5.74, 6) is 0.170. The van der Waals surface area contributed by atoms with E-state index in [0.29, 0.717) is 17.2 Å². The molecule has 1 atom stereocenters. The second kappa shape index (κ2) is 11.7. The number of nitrogens with zero attached hydrogens (tertiary/aromatic N) is 3. The molecule has 5 nitrogen and oxygen atoms in total. The van der Waals surface area contributed by atoms with E-state index >= 15 is 0 Å². The maximum absolute atomic E-state index is 12.8. The normalized spacial score (nSPS) is 20.1. The zero-order chi connectivity index (χ0) is 29.3. The highest BCUT2D eigenvalue weighted by Gasteiger charge is 2.33. The molecular formula is C38H39N3O2. The van der Waals surface area contributed by atoms with E-state index in [1.807, 2.05) is 30.3 Å². The molecule has 1 aromatic heterocycles. The third-order valence-electron chi connectivity index (χ3n) is 9.50. The Labute approximate surface area is 253 Å². The lowest BCUT2D eigenvalue weighted by Crippen LogP contribution is -2.23. The predicted octanol–water partition coefficient (Wildman–Crippen LogP) is 9.08. The van der Waals surface area contributed by atoms with Crippen molar-refractivity contribution >= 4 is 39.2 Å². The number of aryl methyl sites for hydroxylation is 1. The van der Waals surface area contributed by atoms with Crippen LogP contribution >= 0.6 is 0 Å². The summed E-state index contributed by atoms with van der Waals surface area (Å²) in [6.45, 7) is 3.32. The quantitative estimate of drug-likeness (QED) is 0.121. The van der Waals surface area contributed by atoms with Crippen LogP contribution in [0.4, 0.5) is 5.69 Å². The Morgan fingerprint density at radius 2 is 1.67 bits per heavy atom. The SMILES string of the molecule is CCCCCCn1c2ccccc2c2cc(N(C)C3=CC4=CC(=C5C(=O)ON=C5c5ccccc5)CCC4CC3)ccc21. The van der Waals surface area contributed by atoms with Crippen LogP contribution in [0.3, 0.4) is 0 Å². The van der Waals surface area contributed by atoms with Crippen LogP contribution in [-0.2, 0) is 16.2 Å². The highest BCUT2D eigenvalue weighted by molar-refractivity contribution is 6.29. The van der Waals surface area contributed by atoms with Gasteiger partial charge < -0.3 is 14.3 Å². The first-order valence-electron chi connectivity index (χ1n) is 15.9. The van der Waals surface area contributed by atoms with Crippen molar-refractivity contribution in [1.29, 1.82) is 0 Å². The van der Waals surface area contributed by atoms with Gasteiger partial charge in [0.2, 0.25) is 0 Å². The Morgan fingerprint density at radius 1 is 0.884 bits per heavy atom. The van der Waals surface area contributed by atoms with Gasteiger partial charge in [0.05, 0.1) is 5.57 Å². The Balaban J connectivity index is 1.21. The maximum atomic E-state index is 12.8. The Bertz CT molecular complexity index is 1820. The van der Waals surface area contributed by atoms with Crippen LogP contribution in [0.5, 0.6) is 0 Å². The molecule has 3 aromatic carbocycles. The monoisotopic (exact) mass is 569 g/mol. The minimum Gasteiger partial charge on any atom is -0.348 e. The van der Waals surface area contributed by atoms with Crippen molar-refractivity contribution in [3.8, 4) is 0 Å². The number of unbranched alkanes of at least 4 members (excludes halogenated alkanes) is 3. The summed E-state index contributed by atoms with van der Waals surface area (Å²) in [4.78, 5) is 20.3. The largest absolute Gasteiger partial charge is 0.368 e. The van der Waals surface area contributed by atoms with E-state index in [-0.39, 0.29) is 5.97 Å². The first-order valence-corrected chi connectivity index (χ1v) is 15.9. The fraction of sp³-hybridized carbons (Fsp3) is 0.316. The molecule has 218 valence electrons. The number of hydrogen-bond acceptors (Lipinski definition) is 4.